The maximum atomic E-state index is 13.2. The van der Waals surface area contributed by atoms with E-state index in [1.165, 1.54) is 0 Å². The number of para-hydroxylation sites is 1. The topological polar surface area (TPSA) is 67.9 Å². The largest absolute Gasteiger partial charge is 0.496 e. The normalized spacial score (nSPS) is 18.7. The Labute approximate surface area is 184 Å². The lowest BCUT2D eigenvalue weighted by molar-refractivity contribution is -0.129. The molecule has 1 aliphatic rings. The minimum atomic E-state index is -0.438. The molecule has 0 aromatic heterocycles. The molecule has 2 aromatic rings. The van der Waals surface area contributed by atoms with Crippen molar-refractivity contribution in [1.29, 1.82) is 0 Å². The van der Waals surface area contributed by atoms with Gasteiger partial charge in [-0.1, -0.05) is 35.9 Å². The molecule has 2 aromatic carbocycles. The molecule has 0 bridgehead atoms. The van der Waals surface area contributed by atoms with E-state index in [-0.39, 0.29) is 17.7 Å². The number of nitrogens with zero attached hydrogens (tertiary/aromatic N) is 1. The van der Waals surface area contributed by atoms with Crippen LogP contribution >= 0.6 is 0 Å². The molecule has 2 amide bonds. The van der Waals surface area contributed by atoms with Gasteiger partial charge in [0.1, 0.15) is 5.75 Å². The first-order chi connectivity index (χ1) is 15.1. The Hall–Kier alpha value is -2.86. The summed E-state index contributed by atoms with van der Waals surface area (Å²) in [6.45, 7) is 5.80. The second-order valence-corrected chi connectivity index (χ2v) is 7.77. The predicted molar refractivity (Wildman–Crippen MR) is 121 cm³/mol. The van der Waals surface area contributed by atoms with E-state index >= 15 is 0 Å². The molecule has 3 rings (SSSR count). The standard InChI is InChI=1S/C25H32N2O4/c1-4-31-17-7-16-26-25(29)21-14-15-23(28)27(19-12-10-18(2)11-13-19)24(21)20-8-5-6-9-22(20)30-3/h5-6,8-13,21,24H,4,7,14-17H2,1-3H3,(H,26,29). The first-order valence-electron chi connectivity index (χ1n) is 10.9. The molecule has 1 aliphatic heterocycles. The Bertz CT molecular complexity index is 881. The van der Waals surface area contributed by atoms with Gasteiger partial charge in [0.2, 0.25) is 11.8 Å². The SMILES string of the molecule is CCOCCCNC(=O)C1CCC(=O)N(c2ccc(C)cc2)C1c1ccccc1OC. The number of carbonyl (C=O) groups excluding carboxylic acids is 2. The molecule has 0 aliphatic carbocycles. The third kappa shape index (κ3) is 5.44. The number of methoxy groups -OCH3 is 1. The monoisotopic (exact) mass is 424 g/mol. The Morgan fingerprint density at radius 1 is 1.16 bits per heavy atom. The highest BCUT2D eigenvalue weighted by molar-refractivity contribution is 5.97. The van der Waals surface area contributed by atoms with Gasteiger partial charge in [0.25, 0.3) is 0 Å². The van der Waals surface area contributed by atoms with Gasteiger partial charge in [-0.3, -0.25) is 9.59 Å². The van der Waals surface area contributed by atoms with E-state index in [2.05, 4.69) is 5.32 Å². The van der Waals surface area contributed by atoms with Crippen molar-refractivity contribution in [1.82, 2.24) is 5.32 Å². The summed E-state index contributed by atoms with van der Waals surface area (Å²) < 4.78 is 11.0. The third-order valence-corrected chi connectivity index (χ3v) is 5.67. The van der Waals surface area contributed by atoms with E-state index in [0.29, 0.717) is 38.3 Å². The second-order valence-electron chi connectivity index (χ2n) is 7.77. The Kier molecular flexibility index (Phi) is 8.06. The highest BCUT2D eigenvalue weighted by Crippen LogP contribution is 2.43. The maximum Gasteiger partial charge on any atom is 0.227 e. The van der Waals surface area contributed by atoms with Crippen molar-refractivity contribution in [3.63, 3.8) is 0 Å². The lowest BCUT2D eigenvalue weighted by Gasteiger charge is -2.41. The van der Waals surface area contributed by atoms with E-state index in [9.17, 15) is 9.59 Å². The van der Waals surface area contributed by atoms with Gasteiger partial charge in [-0.25, -0.2) is 0 Å². The minimum absolute atomic E-state index is 0.0140. The lowest BCUT2D eigenvalue weighted by atomic mass is 9.82. The fourth-order valence-corrected chi connectivity index (χ4v) is 4.10. The summed E-state index contributed by atoms with van der Waals surface area (Å²) in [4.78, 5) is 28.1. The number of amides is 2. The van der Waals surface area contributed by atoms with Gasteiger partial charge in [-0.05, 0) is 44.9 Å². The summed E-state index contributed by atoms with van der Waals surface area (Å²) in [6, 6.07) is 15.0. The number of rotatable bonds is 9. The molecule has 1 heterocycles. The lowest BCUT2D eigenvalue weighted by Crippen LogP contribution is -2.48. The summed E-state index contributed by atoms with van der Waals surface area (Å²) in [6.07, 6.45) is 1.59. The quantitative estimate of drug-likeness (QED) is 0.617. The van der Waals surface area contributed by atoms with E-state index in [1.807, 2.05) is 62.4 Å². The maximum absolute atomic E-state index is 13.2. The molecule has 0 saturated carbocycles. The van der Waals surface area contributed by atoms with Crippen LogP contribution in [0.5, 0.6) is 5.75 Å². The number of piperidine rings is 1. The predicted octanol–water partition coefficient (Wildman–Crippen LogP) is 4.03. The third-order valence-electron chi connectivity index (χ3n) is 5.67. The molecule has 0 radical (unpaired) electrons. The van der Waals surface area contributed by atoms with Gasteiger partial charge in [0.15, 0.2) is 0 Å². The molecule has 0 spiro atoms. The van der Waals surface area contributed by atoms with Crippen molar-refractivity contribution in [2.45, 2.75) is 39.2 Å². The molecular formula is C25H32N2O4. The van der Waals surface area contributed by atoms with Crippen LogP contribution in [0.15, 0.2) is 48.5 Å². The van der Waals surface area contributed by atoms with Crippen LogP contribution in [0.3, 0.4) is 0 Å². The van der Waals surface area contributed by atoms with Gasteiger partial charge in [-0.2, -0.15) is 0 Å². The molecule has 1 saturated heterocycles. The van der Waals surface area contributed by atoms with Crippen LogP contribution in [-0.4, -0.2) is 38.7 Å². The fourth-order valence-electron chi connectivity index (χ4n) is 4.10. The number of ether oxygens (including phenoxy) is 2. The number of anilines is 1. The van der Waals surface area contributed by atoms with E-state index < -0.39 is 6.04 Å². The smallest absolute Gasteiger partial charge is 0.227 e. The van der Waals surface area contributed by atoms with Gasteiger partial charge in [0, 0.05) is 37.4 Å². The van der Waals surface area contributed by atoms with Crippen molar-refractivity contribution < 1.29 is 19.1 Å². The highest BCUT2D eigenvalue weighted by Gasteiger charge is 2.42. The molecule has 6 heteroatoms. The molecule has 6 nitrogen and oxygen atoms in total. The molecular weight excluding hydrogens is 392 g/mol. The van der Waals surface area contributed by atoms with Gasteiger partial charge >= 0.3 is 0 Å². The second kappa shape index (κ2) is 11.0. The van der Waals surface area contributed by atoms with Crippen molar-refractivity contribution >= 4 is 17.5 Å². The van der Waals surface area contributed by atoms with Crippen molar-refractivity contribution in [2.75, 3.05) is 31.8 Å². The van der Waals surface area contributed by atoms with E-state index in [0.717, 1.165) is 23.2 Å². The molecule has 2 atom stereocenters. The zero-order chi connectivity index (χ0) is 22.2. The van der Waals surface area contributed by atoms with Crippen LogP contribution in [-0.2, 0) is 14.3 Å². The summed E-state index contributed by atoms with van der Waals surface area (Å²) in [7, 11) is 1.61. The average molecular weight is 425 g/mol. The number of carbonyl (C=O) groups is 2. The average Bonchev–Trinajstić information content (AvgIpc) is 2.79. The summed E-state index contributed by atoms with van der Waals surface area (Å²) in [5.41, 5.74) is 2.75. The fraction of sp³-hybridized carbons (Fsp3) is 0.440. The zero-order valence-electron chi connectivity index (χ0n) is 18.6. The van der Waals surface area contributed by atoms with Crippen LogP contribution in [0.4, 0.5) is 5.69 Å². The number of hydrogen-bond donors (Lipinski definition) is 1. The van der Waals surface area contributed by atoms with Crippen molar-refractivity contribution in [3.8, 4) is 5.75 Å². The molecule has 2 unspecified atom stereocenters. The highest BCUT2D eigenvalue weighted by atomic mass is 16.5. The summed E-state index contributed by atoms with van der Waals surface area (Å²) in [5.74, 6) is 0.271. The van der Waals surface area contributed by atoms with Crippen LogP contribution in [0, 0.1) is 12.8 Å². The zero-order valence-corrected chi connectivity index (χ0v) is 18.6. The van der Waals surface area contributed by atoms with Crippen molar-refractivity contribution in [2.24, 2.45) is 5.92 Å². The van der Waals surface area contributed by atoms with Crippen LogP contribution < -0.4 is 15.0 Å². The van der Waals surface area contributed by atoms with Crippen LogP contribution in [0.25, 0.3) is 0 Å². The van der Waals surface area contributed by atoms with E-state index in [4.69, 9.17) is 9.47 Å². The van der Waals surface area contributed by atoms with Gasteiger partial charge in [-0.15, -0.1) is 0 Å². The van der Waals surface area contributed by atoms with Crippen LogP contribution in [0.1, 0.15) is 43.4 Å². The Balaban J connectivity index is 1.94. The van der Waals surface area contributed by atoms with E-state index in [1.54, 1.807) is 12.0 Å². The number of nitrogens with one attached hydrogen (secondary N) is 1. The number of benzene rings is 2. The number of aryl methyl sites for hydroxylation is 1. The Morgan fingerprint density at radius 2 is 1.90 bits per heavy atom. The Morgan fingerprint density at radius 3 is 2.61 bits per heavy atom. The molecule has 31 heavy (non-hydrogen) atoms. The summed E-state index contributed by atoms with van der Waals surface area (Å²) in [5, 5.41) is 3.05. The first-order valence-corrected chi connectivity index (χ1v) is 10.9. The van der Waals surface area contributed by atoms with Crippen LogP contribution in [0.2, 0.25) is 0 Å². The van der Waals surface area contributed by atoms with Gasteiger partial charge < -0.3 is 19.7 Å². The minimum Gasteiger partial charge on any atom is -0.496 e. The molecule has 1 fully saturated rings. The summed E-state index contributed by atoms with van der Waals surface area (Å²) >= 11 is 0. The van der Waals surface area contributed by atoms with Crippen molar-refractivity contribution in [3.05, 3.63) is 59.7 Å². The number of hydrogen-bond acceptors (Lipinski definition) is 4. The van der Waals surface area contributed by atoms with Gasteiger partial charge in [0.05, 0.1) is 19.1 Å². The molecule has 1 N–H and O–H groups in total. The molecule has 166 valence electrons. The first kappa shape index (κ1) is 22.8.